The second-order valence-electron chi connectivity index (χ2n) is 5.85. The summed E-state index contributed by atoms with van der Waals surface area (Å²) < 4.78 is 27.9. The van der Waals surface area contributed by atoms with Crippen LogP contribution in [-0.2, 0) is 0 Å². The Bertz CT molecular complexity index is 949. The average Bonchev–Trinajstić information content (AvgIpc) is 3.17. The minimum Gasteiger partial charge on any atom is -0.454 e. The van der Waals surface area contributed by atoms with Crippen LogP contribution in [0.1, 0.15) is 24.6 Å². The first-order valence-electron chi connectivity index (χ1n) is 7.49. The summed E-state index contributed by atoms with van der Waals surface area (Å²) in [6.45, 7) is 0.221. The van der Waals surface area contributed by atoms with Gasteiger partial charge in [0.2, 0.25) is 6.79 Å². The van der Waals surface area contributed by atoms with Crippen molar-refractivity contribution < 1.29 is 13.9 Å². The molecule has 1 aliphatic carbocycles. The number of benzene rings is 2. The van der Waals surface area contributed by atoms with Gasteiger partial charge >= 0.3 is 0 Å². The van der Waals surface area contributed by atoms with Crippen LogP contribution < -0.4 is 9.47 Å². The van der Waals surface area contributed by atoms with Gasteiger partial charge in [0.25, 0.3) is 0 Å². The third-order valence-corrected chi connectivity index (χ3v) is 4.90. The SMILES string of the molecule is Fc1c(Br)ccc2nc(C3CC3)n(-c3ccc4c(c3)OCO4)c12. The molecule has 0 atom stereocenters. The van der Waals surface area contributed by atoms with Gasteiger partial charge in [0.1, 0.15) is 11.3 Å². The molecule has 0 N–H and O–H groups in total. The smallest absolute Gasteiger partial charge is 0.231 e. The largest absolute Gasteiger partial charge is 0.454 e. The molecule has 4 nitrogen and oxygen atoms in total. The first-order chi connectivity index (χ1) is 11.2. The molecule has 1 aromatic heterocycles. The van der Waals surface area contributed by atoms with E-state index in [1.54, 1.807) is 6.07 Å². The zero-order valence-electron chi connectivity index (χ0n) is 12.1. The summed E-state index contributed by atoms with van der Waals surface area (Å²) in [7, 11) is 0. The lowest BCUT2D eigenvalue weighted by Crippen LogP contribution is -2.01. The van der Waals surface area contributed by atoms with Crippen molar-refractivity contribution in [2.45, 2.75) is 18.8 Å². The molecule has 2 heterocycles. The molecule has 1 saturated carbocycles. The zero-order valence-corrected chi connectivity index (χ0v) is 13.6. The molecule has 23 heavy (non-hydrogen) atoms. The number of hydrogen-bond donors (Lipinski definition) is 0. The summed E-state index contributed by atoms with van der Waals surface area (Å²) in [6, 6.07) is 9.20. The van der Waals surface area contributed by atoms with Crippen LogP contribution in [-0.4, -0.2) is 16.3 Å². The second kappa shape index (κ2) is 4.71. The minimum absolute atomic E-state index is 0.221. The summed E-state index contributed by atoms with van der Waals surface area (Å²) >= 11 is 3.27. The fourth-order valence-corrected chi connectivity index (χ4v) is 3.34. The molecule has 0 bridgehead atoms. The summed E-state index contributed by atoms with van der Waals surface area (Å²) in [5.41, 5.74) is 2.01. The number of ether oxygens (including phenoxy) is 2. The topological polar surface area (TPSA) is 36.3 Å². The van der Waals surface area contributed by atoms with Crippen LogP contribution in [0.25, 0.3) is 16.7 Å². The zero-order chi connectivity index (χ0) is 15.6. The van der Waals surface area contributed by atoms with Crippen molar-refractivity contribution in [3.05, 3.63) is 46.4 Å². The molecule has 1 fully saturated rings. The lowest BCUT2D eigenvalue weighted by molar-refractivity contribution is 0.174. The minimum atomic E-state index is -0.292. The molecule has 0 spiro atoms. The maximum atomic E-state index is 14.8. The number of hydrogen-bond acceptors (Lipinski definition) is 3. The van der Waals surface area contributed by atoms with Gasteiger partial charge < -0.3 is 9.47 Å². The summed E-state index contributed by atoms with van der Waals surface area (Å²) in [6.07, 6.45) is 2.19. The van der Waals surface area contributed by atoms with Gasteiger partial charge in [-0.25, -0.2) is 9.37 Å². The Morgan fingerprint density at radius 1 is 1.13 bits per heavy atom. The van der Waals surface area contributed by atoms with E-state index in [0.717, 1.165) is 24.4 Å². The Hall–Kier alpha value is -2.08. The fraction of sp³-hybridized carbons (Fsp3) is 0.235. The Balaban J connectivity index is 1.82. The average molecular weight is 375 g/mol. The van der Waals surface area contributed by atoms with Gasteiger partial charge in [-0.3, -0.25) is 4.57 Å². The van der Waals surface area contributed by atoms with E-state index < -0.39 is 0 Å². The van der Waals surface area contributed by atoms with E-state index in [0.29, 0.717) is 32.9 Å². The van der Waals surface area contributed by atoms with E-state index in [1.807, 2.05) is 28.8 Å². The van der Waals surface area contributed by atoms with E-state index in [2.05, 4.69) is 20.9 Å². The van der Waals surface area contributed by atoms with Crippen LogP contribution >= 0.6 is 15.9 Å². The Labute approximate surface area is 140 Å². The standard InChI is InChI=1S/C17H12BrFN2O2/c18-11-4-5-12-16(15(11)19)21(17(20-12)9-1-2-9)10-3-6-13-14(7-10)23-8-22-13/h3-7,9H,1-2,8H2. The molecule has 116 valence electrons. The lowest BCUT2D eigenvalue weighted by Gasteiger charge is -2.10. The monoisotopic (exact) mass is 374 g/mol. The van der Waals surface area contributed by atoms with Gasteiger partial charge in [-0.15, -0.1) is 0 Å². The van der Waals surface area contributed by atoms with Gasteiger partial charge in [0.05, 0.1) is 15.7 Å². The predicted molar refractivity (Wildman–Crippen MR) is 86.8 cm³/mol. The van der Waals surface area contributed by atoms with E-state index in [9.17, 15) is 4.39 Å². The molecule has 2 aliphatic rings. The molecular formula is C17H12BrFN2O2. The van der Waals surface area contributed by atoms with Crippen LogP contribution in [0.3, 0.4) is 0 Å². The number of imidazole rings is 1. The van der Waals surface area contributed by atoms with Crippen LogP contribution in [0.15, 0.2) is 34.8 Å². The Morgan fingerprint density at radius 2 is 1.96 bits per heavy atom. The van der Waals surface area contributed by atoms with Crippen molar-refractivity contribution in [2.24, 2.45) is 0 Å². The van der Waals surface area contributed by atoms with Gasteiger partial charge in [-0.05, 0) is 53.0 Å². The highest BCUT2D eigenvalue weighted by Gasteiger charge is 2.31. The van der Waals surface area contributed by atoms with Crippen LogP contribution in [0, 0.1) is 5.82 Å². The molecule has 3 aromatic rings. The quantitative estimate of drug-likeness (QED) is 0.660. The molecule has 2 aromatic carbocycles. The number of nitrogens with zero attached hydrogens (tertiary/aromatic N) is 2. The first-order valence-corrected chi connectivity index (χ1v) is 8.28. The summed E-state index contributed by atoms with van der Waals surface area (Å²) in [5, 5.41) is 0. The van der Waals surface area contributed by atoms with Crippen molar-refractivity contribution in [2.75, 3.05) is 6.79 Å². The molecule has 0 amide bonds. The van der Waals surface area contributed by atoms with Crippen LogP contribution in [0.5, 0.6) is 11.5 Å². The highest BCUT2D eigenvalue weighted by molar-refractivity contribution is 9.10. The maximum absolute atomic E-state index is 14.8. The summed E-state index contributed by atoms with van der Waals surface area (Å²) in [4.78, 5) is 4.68. The molecule has 0 unspecified atom stereocenters. The van der Waals surface area contributed by atoms with Crippen molar-refractivity contribution in [3.63, 3.8) is 0 Å². The first kappa shape index (κ1) is 13.4. The van der Waals surface area contributed by atoms with Crippen molar-refractivity contribution in [3.8, 4) is 17.2 Å². The maximum Gasteiger partial charge on any atom is 0.231 e. The van der Waals surface area contributed by atoms with Crippen molar-refractivity contribution in [1.29, 1.82) is 0 Å². The van der Waals surface area contributed by atoms with E-state index in [-0.39, 0.29) is 12.6 Å². The molecule has 6 heteroatoms. The van der Waals surface area contributed by atoms with E-state index >= 15 is 0 Å². The number of halogens is 2. The highest BCUT2D eigenvalue weighted by Crippen LogP contribution is 2.43. The lowest BCUT2D eigenvalue weighted by atomic mass is 10.2. The second-order valence-corrected chi connectivity index (χ2v) is 6.70. The van der Waals surface area contributed by atoms with Gasteiger partial charge in [-0.2, -0.15) is 0 Å². The fourth-order valence-electron chi connectivity index (χ4n) is 3.02. The molecule has 5 rings (SSSR count). The summed E-state index contributed by atoms with van der Waals surface area (Å²) in [5.74, 6) is 2.41. The van der Waals surface area contributed by atoms with Crippen molar-refractivity contribution >= 4 is 27.0 Å². The molecule has 0 radical (unpaired) electrons. The van der Waals surface area contributed by atoms with Gasteiger partial charge in [0.15, 0.2) is 17.3 Å². The Morgan fingerprint density at radius 3 is 2.78 bits per heavy atom. The molecular weight excluding hydrogens is 363 g/mol. The number of fused-ring (bicyclic) bond motifs is 2. The highest BCUT2D eigenvalue weighted by atomic mass is 79.9. The van der Waals surface area contributed by atoms with Crippen LogP contribution in [0.4, 0.5) is 4.39 Å². The molecule has 0 saturated heterocycles. The predicted octanol–water partition coefficient (Wildman–Crippen LogP) is 4.53. The van der Waals surface area contributed by atoms with E-state index in [4.69, 9.17) is 9.47 Å². The van der Waals surface area contributed by atoms with Gasteiger partial charge in [0, 0.05) is 12.0 Å². The van der Waals surface area contributed by atoms with Crippen molar-refractivity contribution in [1.82, 2.24) is 9.55 Å². The third kappa shape index (κ3) is 1.97. The number of rotatable bonds is 2. The third-order valence-electron chi connectivity index (χ3n) is 4.29. The van der Waals surface area contributed by atoms with Crippen LogP contribution in [0.2, 0.25) is 0 Å². The normalized spacial score (nSPS) is 16.3. The van der Waals surface area contributed by atoms with E-state index in [1.165, 1.54) is 0 Å². The number of aromatic nitrogens is 2. The Kier molecular flexibility index (Phi) is 2.74. The molecule has 1 aliphatic heterocycles. The van der Waals surface area contributed by atoms with Gasteiger partial charge in [-0.1, -0.05) is 0 Å².